The minimum absolute atomic E-state index is 0.0501. The zero-order valence-electron chi connectivity index (χ0n) is 22.8. The van der Waals surface area contributed by atoms with Crippen molar-refractivity contribution in [3.05, 3.63) is 58.6 Å². The van der Waals surface area contributed by atoms with Crippen LogP contribution in [0.4, 0.5) is 10.5 Å². The highest BCUT2D eigenvalue weighted by molar-refractivity contribution is 6.34. The molecule has 8 nitrogen and oxygen atoms in total. The largest absolute Gasteiger partial charge is 0.508 e. The number of alkyl carbamates (subject to hydrolysis) is 1. The number of nitrogens with one attached hydrogen (secondary N) is 2. The molecule has 2 aromatic carbocycles. The van der Waals surface area contributed by atoms with Crippen molar-refractivity contribution in [1.82, 2.24) is 10.2 Å². The lowest BCUT2D eigenvalue weighted by Gasteiger charge is -2.44. The van der Waals surface area contributed by atoms with E-state index in [2.05, 4.69) is 10.6 Å². The SMILES string of the molecule is CCC(C)(C)N(C(=O)C(C)NC(=O)OC(C)(C)C)C(C(=O)Nc1c(C)cccc1Cl)c1cccc(O)c1. The molecule has 37 heavy (non-hydrogen) atoms. The van der Waals surface area contributed by atoms with E-state index in [1.807, 2.05) is 33.8 Å². The van der Waals surface area contributed by atoms with Crippen molar-refractivity contribution in [2.24, 2.45) is 0 Å². The maximum atomic E-state index is 13.9. The van der Waals surface area contributed by atoms with Crippen molar-refractivity contribution in [1.29, 1.82) is 0 Å². The Labute approximate surface area is 224 Å². The van der Waals surface area contributed by atoms with E-state index in [4.69, 9.17) is 16.3 Å². The molecule has 2 unspecified atom stereocenters. The third kappa shape index (κ3) is 7.86. The van der Waals surface area contributed by atoms with Gasteiger partial charge in [0.15, 0.2) is 0 Å². The number of aryl methyl sites for hydroxylation is 1. The molecule has 0 aliphatic rings. The fourth-order valence-electron chi connectivity index (χ4n) is 3.79. The van der Waals surface area contributed by atoms with E-state index in [9.17, 15) is 19.5 Å². The second-order valence-corrected chi connectivity index (χ2v) is 11.1. The summed E-state index contributed by atoms with van der Waals surface area (Å²) in [6.45, 7) is 14.1. The minimum Gasteiger partial charge on any atom is -0.508 e. The summed E-state index contributed by atoms with van der Waals surface area (Å²) < 4.78 is 5.32. The summed E-state index contributed by atoms with van der Waals surface area (Å²) in [6.07, 6.45) is -0.237. The zero-order valence-corrected chi connectivity index (χ0v) is 23.6. The van der Waals surface area contributed by atoms with Crippen LogP contribution in [0, 0.1) is 6.92 Å². The van der Waals surface area contributed by atoms with Gasteiger partial charge in [0, 0.05) is 5.54 Å². The molecule has 3 amide bonds. The second-order valence-electron chi connectivity index (χ2n) is 10.7. The van der Waals surface area contributed by atoms with Crippen molar-refractivity contribution < 1.29 is 24.2 Å². The van der Waals surface area contributed by atoms with Gasteiger partial charge in [-0.25, -0.2) is 4.79 Å². The van der Waals surface area contributed by atoms with Gasteiger partial charge in [-0.05, 0) is 84.2 Å². The van der Waals surface area contributed by atoms with Crippen LogP contribution < -0.4 is 10.6 Å². The van der Waals surface area contributed by atoms with Crippen LogP contribution in [0.2, 0.25) is 5.02 Å². The highest BCUT2D eigenvalue weighted by Crippen LogP contribution is 2.35. The van der Waals surface area contributed by atoms with E-state index in [1.165, 1.54) is 17.0 Å². The number of hydrogen-bond donors (Lipinski definition) is 3. The van der Waals surface area contributed by atoms with E-state index in [0.717, 1.165) is 5.56 Å². The fourth-order valence-corrected chi connectivity index (χ4v) is 4.06. The number of para-hydroxylation sites is 1. The number of amides is 3. The van der Waals surface area contributed by atoms with Gasteiger partial charge >= 0.3 is 6.09 Å². The molecule has 0 aliphatic carbocycles. The van der Waals surface area contributed by atoms with Crippen LogP contribution in [0.1, 0.15) is 72.1 Å². The summed E-state index contributed by atoms with van der Waals surface area (Å²) >= 11 is 6.37. The van der Waals surface area contributed by atoms with Crippen molar-refractivity contribution in [2.45, 2.75) is 85.0 Å². The van der Waals surface area contributed by atoms with Crippen LogP contribution in [-0.2, 0) is 14.3 Å². The summed E-state index contributed by atoms with van der Waals surface area (Å²) in [5.74, 6) is -1.05. The van der Waals surface area contributed by atoms with Crippen molar-refractivity contribution in [3.63, 3.8) is 0 Å². The van der Waals surface area contributed by atoms with Crippen LogP contribution in [0.25, 0.3) is 0 Å². The number of rotatable bonds is 8. The Balaban J connectivity index is 2.58. The van der Waals surface area contributed by atoms with Crippen LogP contribution in [0.5, 0.6) is 5.75 Å². The average Bonchev–Trinajstić information content (AvgIpc) is 2.77. The molecule has 0 saturated heterocycles. The number of ether oxygens (including phenoxy) is 1. The molecule has 0 saturated carbocycles. The predicted octanol–water partition coefficient (Wildman–Crippen LogP) is 5.96. The first-order valence-electron chi connectivity index (χ1n) is 12.2. The summed E-state index contributed by atoms with van der Waals surface area (Å²) in [6, 6.07) is 9.32. The Kier molecular flexibility index (Phi) is 9.60. The summed E-state index contributed by atoms with van der Waals surface area (Å²) in [5, 5.41) is 16.0. The normalized spacial score (nSPS) is 13.3. The highest BCUT2D eigenvalue weighted by atomic mass is 35.5. The number of nitrogens with zero attached hydrogens (tertiary/aromatic N) is 1. The quantitative estimate of drug-likeness (QED) is 0.389. The van der Waals surface area contributed by atoms with E-state index < -0.39 is 41.1 Å². The second kappa shape index (κ2) is 11.9. The number of phenols is 1. The maximum Gasteiger partial charge on any atom is 0.408 e. The predicted molar refractivity (Wildman–Crippen MR) is 146 cm³/mol. The molecule has 0 aromatic heterocycles. The summed E-state index contributed by atoms with van der Waals surface area (Å²) in [4.78, 5) is 41.7. The van der Waals surface area contributed by atoms with Crippen molar-refractivity contribution in [2.75, 3.05) is 5.32 Å². The zero-order chi connectivity index (χ0) is 28.1. The number of carbonyl (C=O) groups excluding carboxylic acids is 3. The van der Waals surface area contributed by atoms with Crippen molar-refractivity contribution >= 4 is 35.2 Å². The molecular formula is C28H38ClN3O5. The lowest BCUT2D eigenvalue weighted by molar-refractivity contribution is -0.147. The van der Waals surface area contributed by atoms with E-state index in [-0.39, 0.29) is 5.75 Å². The van der Waals surface area contributed by atoms with E-state index >= 15 is 0 Å². The first-order valence-corrected chi connectivity index (χ1v) is 12.6. The molecule has 0 bridgehead atoms. The van der Waals surface area contributed by atoms with Gasteiger partial charge in [0.1, 0.15) is 23.4 Å². The fraction of sp³-hybridized carbons (Fsp3) is 0.464. The number of hydrogen-bond acceptors (Lipinski definition) is 5. The first kappa shape index (κ1) is 30.0. The number of anilines is 1. The Hall–Kier alpha value is -3.26. The topological polar surface area (TPSA) is 108 Å². The number of benzene rings is 2. The highest BCUT2D eigenvalue weighted by Gasteiger charge is 2.42. The minimum atomic E-state index is -1.15. The van der Waals surface area contributed by atoms with E-state index in [0.29, 0.717) is 22.7 Å². The number of halogens is 1. The van der Waals surface area contributed by atoms with Gasteiger partial charge in [-0.15, -0.1) is 0 Å². The molecule has 2 rings (SSSR count). The van der Waals surface area contributed by atoms with Gasteiger partial charge in [-0.1, -0.05) is 42.8 Å². The van der Waals surface area contributed by atoms with Crippen LogP contribution >= 0.6 is 11.6 Å². The lowest BCUT2D eigenvalue weighted by atomic mass is 9.92. The molecule has 0 fully saturated rings. The van der Waals surface area contributed by atoms with Gasteiger partial charge in [0.05, 0.1) is 10.7 Å². The maximum absolute atomic E-state index is 13.9. The van der Waals surface area contributed by atoms with Crippen LogP contribution in [0.3, 0.4) is 0 Å². The van der Waals surface area contributed by atoms with Gasteiger partial charge in [0.2, 0.25) is 5.91 Å². The number of phenolic OH excluding ortho intramolecular Hbond substituents is 1. The summed E-state index contributed by atoms with van der Waals surface area (Å²) in [5.41, 5.74) is 0.0290. The lowest BCUT2D eigenvalue weighted by Crippen LogP contribution is -2.58. The van der Waals surface area contributed by atoms with Gasteiger partial charge in [-0.2, -0.15) is 0 Å². The standard InChI is InChI=1S/C28H38ClN3O5/c1-9-28(7,8)32(25(35)18(3)30-26(36)37-27(4,5)6)23(19-13-11-14-20(33)16-19)24(34)31-22-17(2)12-10-15-21(22)29/h10-16,18,23,33H,9H2,1-8H3,(H,30,36)(H,31,34). The molecule has 202 valence electrons. The number of aromatic hydroxyl groups is 1. The monoisotopic (exact) mass is 531 g/mol. The molecule has 2 aromatic rings. The van der Waals surface area contributed by atoms with Crippen LogP contribution in [-0.4, -0.2) is 45.1 Å². The first-order chi connectivity index (χ1) is 17.1. The molecule has 0 aliphatic heterocycles. The molecular weight excluding hydrogens is 494 g/mol. The van der Waals surface area contributed by atoms with Gasteiger partial charge in [-0.3, -0.25) is 9.59 Å². The Morgan fingerprint density at radius 1 is 1.08 bits per heavy atom. The summed E-state index contributed by atoms with van der Waals surface area (Å²) in [7, 11) is 0. The van der Waals surface area contributed by atoms with Gasteiger partial charge in [0.25, 0.3) is 5.91 Å². The molecule has 9 heteroatoms. The smallest absolute Gasteiger partial charge is 0.408 e. The Morgan fingerprint density at radius 2 is 1.70 bits per heavy atom. The average molecular weight is 532 g/mol. The van der Waals surface area contributed by atoms with Crippen molar-refractivity contribution in [3.8, 4) is 5.75 Å². The molecule has 3 N–H and O–H groups in total. The van der Waals surface area contributed by atoms with E-state index in [1.54, 1.807) is 52.0 Å². The Bertz CT molecular complexity index is 1120. The molecule has 2 atom stereocenters. The Morgan fingerprint density at radius 3 is 2.24 bits per heavy atom. The molecule has 0 radical (unpaired) electrons. The number of carbonyl (C=O) groups is 3. The third-order valence-electron chi connectivity index (χ3n) is 6.02. The van der Waals surface area contributed by atoms with Crippen LogP contribution in [0.15, 0.2) is 42.5 Å². The molecule has 0 spiro atoms. The van der Waals surface area contributed by atoms with Gasteiger partial charge < -0.3 is 25.4 Å². The molecule has 0 heterocycles. The third-order valence-corrected chi connectivity index (χ3v) is 6.34.